The molecule has 0 spiro atoms. The van der Waals surface area contributed by atoms with E-state index in [1.807, 2.05) is 0 Å². The molecule has 2 N–H and O–H groups in total. The van der Waals surface area contributed by atoms with Crippen LogP contribution < -0.4 is 5.32 Å². The number of halogens is 3. The lowest BCUT2D eigenvalue weighted by Gasteiger charge is -2.09. The number of aromatic nitrogens is 2. The van der Waals surface area contributed by atoms with E-state index in [0.717, 1.165) is 18.2 Å². The number of Topliss-reactive ketones (excluding diaryl/α,β-unsaturated/α-hetero) is 1. The molecule has 2 aromatic carbocycles. The summed E-state index contributed by atoms with van der Waals surface area (Å²) < 4.78 is 27.7. The van der Waals surface area contributed by atoms with E-state index in [4.69, 9.17) is 11.6 Å². The number of benzene rings is 2. The maximum atomic E-state index is 13.4. The molecule has 0 aliphatic rings. The number of aromatic carboxylic acids is 1. The average molecular weight is 484 g/mol. The van der Waals surface area contributed by atoms with Crippen molar-refractivity contribution in [2.75, 3.05) is 0 Å². The van der Waals surface area contributed by atoms with Crippen molar-refractivity contribution in [3.63, 3.8) is 0 Å². The molecule has 2 heterocycles. The highest BCUT2D eigenvalue weighted by atomic mass is 35.5. The first kappa shape index (κ1) is 23.1. The summed E-state index contributed by atoms with van der Waals surface area (Å²) in [5.41, 5.74) is 0.475. The summed E-state index contributed by atoms with van der Waals surface area (Å²) in [5.74, 6) is -4.52. The van der Waals surface area contributed by atoms with Gasteiger partial charge in [0.2, 0.25) is 0 Å². The quantitative estimate of drug-likeness (QED) is 0.381. The summed E-state index contributed by atoms with van der Waals surface area (Å²) in [5, 5.41) is 12.5. The van der Waals surface area contributed by atoms with Crippen molar-refractivity contribution in [1.29, 1.82) is 0 Å². The number of fused-ring (bicyclic) bond motifs is 1. The number of nitrogens with one attached hydrogen (secondary N) is 1. The third kappa shape index (κ3) is 4.65. The van der Waals surface area contributed by atoms with E-state index in [1.165, 1.54) is 22.7 Å². The van der Waals surface area contributed by atoms with Crippen LogP contribution in [-0.2, 0) is 13.0 Å². The number of carboxylic acids is 1. The first-order chi connectivity index (χ1) is 16.2. The first-order valence-electron chi connectivity index (χ1n) is 9.98. The van der Waals surface area contributed by atoms with Crippen LogP contribution >= 0.6 is 11.6 Å². The minimum absolute atomic E-state index is 0.00469. The fraction of sp³-hybridized carbons (Fsp3) is 0.0833. The monoisotopic (exact) mass is 483 g/mol. The Morgan fingerprint density at radius 2 is 1.79 bits per heavy atom. The predicted molar refractivity (Wildman–Crippen MR) is 119 cm³/mol. The topological polar surface area (TPSA) is 101 Å². The first-order valence-corrected chi connectivity index (χ1v) is 10.4. The summed E-state index contributed by atoms with van der Waals surface area (Å²) in [6, 6.07) is 12.5. The lowest BCUT2D eigenvalue weighted by molar-refractivity contribution is 0.0688. The van der Waals surface area contributed by atoms with Crippen molar-refractivity contribution in [3.8, 4) is 0 Å². The maximum absolute atomic E-state index is 13.4. The lowest BCUT2D eigenvalue weighted by atomic mass is 10.0. The van der Waals surface area contributed by atoms with Gasteiger partial charge in [-0.3, -0.25) is 14.0 Å². The van der Waals surface area contributed by atoms with Crippen molar-refractivity contribution in [2.45, 2.75) is 13.0 Å². The van der Waals surface area contributed by atoms with E-state index >= 15 is 0 Å². The highest BCUT2D eigenvalue weighted by Gasteiger charge is 2.21. The van der Waals surface area contributed by atoms with E-state index in [2.05, 4.69) is 10.3 Å². The van der Waals surface area contributed by atoms with Crippen LogP contribution in [0.25, 0.3) is 5.65 Å². The molecular formula is C24H16ClF2N3O4. The zero-order chi connectivity index (χ0) is 24.4. The number of hydrogen-bond donors (Lipinski definition) is 2. The van der Waals surface area contributed by atoms with Crippen molar-refractivity contribution >= 4 is 34.9 Å². The molecule has 0 aliphatic heterocycles. The van der Waals surface area contributed by atoms with Crippen LogP contribution in [0.1, 0.15) is 42.5 Å². The number of rotatable bonds is 7. The van der Waals surface area contributed by atoms with Gasteiger partial charge in [0.05, 0.1) is 5.56 Å². The number of amides is 1. The molecule has 0 bridgehead atoms. The minimum Gasteiger partial charge on any atom is -0.477 e. The summed E-state index contributed by atoms with van der Waals surface area (Å²) in [7, 11) is 0. The van der Waals surface area contributed by atoms with Gasteiger partial charge in [-0.1, -0.05) is 35.9 Å². The fourth-order valence-corrected chi connectivity index (χ4v) is 3.61. The van der Waals surface area contributed by atoms with Gasteiger partial charge in [-0.25, -0.2) is 18.6 Å². The Hall–Kier alpha value is -4.11. The normalized spacial score (nSPS) is 10.9. The smallest absolute Gasteiger partial charge is 0.352 e. The van der Waals surface area contributed by atoms with Gasteiger partial charge < -0.3 is 10.4 Å². The number of carbonyl (C=O) groups is 3. The third-order valence-electron chi connectivity index (χ3n) is 5.12. The van der Waals surface area contributed by atoms with E-state index in [-0.39, 0.29) is 41.3 Å². The van der Waals surface area contributed by atoms with E-state index in [0.29, 0.717) is 16.1 Å². The van der Waals surface area contributed by atoms with Gasteiger partial charge >= 0.3 is 5.97 Å². The number of ketones is 1. The van der Waals surface area contributed by atoms with Crippen molar-refractivity contribution in [3.05, 3.63) is 106 Å². The predicted octanol–water partition coefficient (Wildman–Crippen LogP) is 4.32. The maximum Gasteiger partial charge on any atom is 0.352 e. The Morgan fingerprint density at radius 1 is 1.03 bits per heavy atom. The summed E-state index contributed by atoms with van der Waals surface area (Å²) in [4.78, 5) is 41.6. The number of carboxylic acid groups (broad SMARTS) is 1. The van der Waals surface area contributed by atoms with E-state index in [9.17, 15) is 28.3 Å². The molecular weight excluding hydrogens is 468 g/mol. The lowest BCUT2D eigenvalue weighted by Crippen LogP contribution is -2.25. The van der Waals surface area contributed by atoms with Gasteiger partial charge in [0, 0.05) is 30.3 Å². The standard InChI is InChI=1S/C24H16ClF2N3O4/c25-16-4-2-1-3-14(16)10-21(31)15-7-8-30-20(24(33)34)11-19(29-22(15)30)23(32)28-12-13-5-6-17(26)18(27)9-13/h1-9,11H,10,12H2,(H,28,32)(H,33,34). The molecule has 4 rings (SSSR count). The van der Waals surface area contributed by atoms with Gasteiger partial charge in [-0.2, -0.15) is 0 Å². The summed E-state index contributed by atoms with van der Waals surface area (Å²) in [6.07, 6.45) is 1.34. The Labute approximate surface area is 196 Å². The van der Waals surface area contributed by atoms with Crippen LogP contribution in [0.3, 0.4) is 0 Å². The number of carbonyl (C=O) groups excluding carboxylic acids is 2. The number of nitrogens with zero attached hydrogens (tertiary/aromatic N) is 2. The molecule has 0 atom stereocenters. The molecule has 0 radical (unpaired) electrons. The Kier molecular flexibility index (Phi) is 6.38. The Morgan fingerprint density at radius 3 is 2.50 bits per heavy atom. The molecule has 1 amide bonds. The molecule has 4 aromatic rings. The zero-order valence-electron chi connectivity index (χ0n) is 17.4. The third-order valence-corrected chi connectivity index (χ3v) is 5.49. The van der Waals surface area contributed by atoms with E-state index < -0.39 is 23.5 Å². The summed E-state index contributed by atoms with van der Waals surface area (Å²) >= 11 is 6.14. The van der Waals surface area contributed by atoms with Gasteiger partial charge in [0.25, 0.3) is 5.91 Å². The molecule has 172 valence electrons. The van der Waals surface area contributed by atoms with Crippen molar-refractivity contribution in [2.24, 2.45) is 0 Å². The summed E-state index contributed by atoms with van der Waals surface area (Å²) in [6.45, 7) is -0.148. The highest BCUT2D eigenvalue weighted by molar-refractivity contribution is 6.31. The largest absolute Gasteiger partial charge is 0.477 e. The molecule has 0 aliphatic carbocycles. The second-order valence-electron chi connectivity index (χ2n) is 7.38. The zero-order valence-corrected chi connectivity index (χ0v) is 18.1. The van der Waals surface area contributed by atoms with Gasteiger partial charge in [-0.05, 0) is 35.4 Å². The average Bonchev–Trinajstić information content (AvgIpc) is 3.24. The molecule has 0 unspecified atom stereocenters. The molecule has 2 aromatic heterocycles. The van der Waals surface area contributed by atoms with Gasteiger partial charge in [-0.15, -0.1) is 0 Å². The SMILES string of the molecule is O=C(NCc1ccc(F)c(F)c1)c1cc(C(=O)O)n2ccc(C(=O)Cc3ccccc3Cl)c2n1. The fourth-order valence-electron chi connectivity index (χ4n) is 3.41. The van der Waals surface area contributed by atoms with Crippen LogP contribution in [0.15, 0.2) is 60.8 Å². The van der Waals surface area contributed by atoms with Crippen LogP contribution in [-0.4, -0.2) is 32.2 Å². The highest BCUT2D eigenvalue weighted by Crippen LogP contribution is 2.21. The number of hydrogen-bond acceptors (Lipinski definition) is 4. The molecule has 7 nitrogen and oxygen atoms in total. The molecule has 0 saturated heterocycles. The van der Waals surface area contributed by atoms with Gasteiger partial charge in [0.1, 0.15) is 17.0 Å². The van der Waals surface area contributed by atoms with Crippen LogP contribution in [0.5, 0.6) is 0 Å². The second-order valence-corrected chi connectivity index (χ2v) is 7.78. The van der Waals surface area contributed by atoms with Crippen LogP contribution in [0.4, 0.5) is 8.78 Å². The van der Waals surface area contributed by atoms with Crippen molar-refractivity contribution in [1.82, 2.24) is 14.7 Å². The van der Waals surface area contributed by atoms with Crippen molar-refractivity contribution < 1.29 is 28.3 Å². The Bertz CT molecular complexity index is 1450. The van der Waals surface area contributed by atoms with Crippen LogP contribution in [0, 0.1) is 11.6 Å². The Balaban J connectivity index is 1.65. The second kappa shape index (κ2) is 9.40. The molecule has 34 heavy (non-hydrogen) atoms. The van der Waals surface area contributed by atoms with E-state index in [1.54, 1.807) is 24.3 Å². The van der Waals surface area contributed by atoms with Gasteiger partial charge in [0.15, 0.2) is 17.4 Å². The minimum atomic E-state index is -1.33. The molecule has 0 saturated carbocycles. The van der Waals surface area contributed by atoms with Crippen LogP contribution in [0.2, 0.25) is 5.02 Å². The molecule has 0 fully saturated rings. The molecule has 10 heteroatoms.